The van der Waals surface area contributed by atoms with Crippen molar-refractivity contribution in [3.8, 4) is 5.75 Å². The van der Waals surface area contributed by atoms with E-state index in [1.807, 2.05) is 18.2 Å². The van der Waals surface area contributed by atoms with Crippen molar-refractivity contribution in [2.75, 3.05) is 26.3 Å². The molecular weight excluding hydrogens is 475 g/mol. The number of likely N-dealkylation sites (tertiary alicyclic amines) is 1. The molecular formula is C30H34F3N3O. The van der Waals surface area contributed by atoms with Crippen molar-refractivity contribution in [2.45, 2.75) is 69.2 Å². The number of benzene rings is 2. The number of nitrogens with one attached hydrogen (secondary N) is 1. The highest BCUT2D eigenvalue weighted by atomic mass is 19.1. The summed E-state index contributed by atoms with van der Waals surface area (Å²) in [7, 11) is 0. The second kappa shape index (κ2) is 8.77. The molecule has 1 aromatic heterocycles. The predicted octanol–water partition coefficient (Wildman–Crippen LogP) is 6.15. The van der Waals surface area contributed by atoms with Crippen molar-refractivity contribution >= 4 is 10.9 Å². The van der Waals surface area contributed by atoms with E-state index in [0.29, 0.717) is 19.5 Å². The van der Waals surface area contributed by atoms with E-state index in [0.717, 1.165) is 61.2 Å². The molecule has 0 radical (unpaired) electrons. The van der Waals surface area contributed by atoms with Crippen LogP contribution in [0.2, 0.25) is 0 Å². The highest BCUT2D eigenvalue weighted by molar-refractivity contribution is 5.85. The molecule has 2 aromatic carbocycles. The summed E-state index contributed by atoms with van der Waals surface area (Å²) >= 11 is 0. The molecule has 3 aliphatic carbocycles. The number of hydrogen-bond donors (Lipinski definition) is 1. The van der Waals surface area contributed by atoms with Crippen molar-refractivity contribution < 1.29 is 17.9 Å². The quantitative estimate of drug-likeness (QED) is 0.415. The Labute approximate surface area is 215 Å². The van der Waals surface area contributed by atoms with E-state index in [1.165, 1.54) is 17.7 Å². The maximum atomic E-state index is 16.0. The second-order valence-corrected chi connectivity index (χ2v) is 11.8. The zero-order valence-corrected chi connectivity index (χ0v) is 21.3. The van der Waals surface area contributed by atoms with E-state index in [2.05, 4.69) is 27.8 Å². The molecule has 1 saturated heterocycles. The molecule has 5 aliphatic rings. The van der Waals surface area contributed by atoms with Gasteiger partial charge in [-0.25, -0.2) is 8.78 Å². The normalized spacial score (nSPS) is 31.2. The van der Waals surface area contributed by atoms with E-state index < -0.39 is 17.7 Å². The first-order valence-corrected chi connectivity index (χ1v) is 13.8. The number of hydrogen-bond acceptors (Lipinski definition) is 3. The number of para-hydroxylation sites is 1. The van der Waals surface area contributed by atoms with Gasteiger partial charge in [-0.3, -0.25) is 14.2 Å². The van der Waals surface area contributed by atoms with Crippen LogP contribution in [-0.4, -0.2) is 58.8 Å². The Morgan fingerprint density at radius 1 is 1.11 bits per heavy atom. The topological polar surface area (TPSA) is 31.5 Å². The number of aromatic amines is 1. The monoisotopic (exact) mass is 509 g/mol. The van der Waals surface area contributed by atoms with Gasteiger partial charge in [0.15, 0.2) is 0 Å². The third-order valence-corrected chi connectivity index (χ3v) is 9.39. The van der Waals surface area contributed by atoms with Gasteiger partial charge < -0.3 is 9.72 Å². The Bertz CT molecular complexity index is 1300. The lowest BCUT2D eigenvalue weighted by molar-refractivity contribution is -0.174. The molecule has 196 valence electrons. The van der Waals surface area contributed by atoms with Crippen LogP contribution in [0.3, 0.4) is 0 Å². The van der Waals surface area contributed by atoms with Gasteiger partial charge in [0.2, 0.25) is 0 Å². The number of alkyl halides is 1. The molecule has 2 bridgehead atoms. The van der Waals surface area contributed by atoms with Crippen LogP contribution in [0.1, 0.15) is 61.9 Å². The van der Waals surface area contributed by atoms with Gasteiger partial charge in [0.1, 0.15) is 23.5 Å². The molecule has 3 saturated carbocycles. The van der Waals surface area contributed by atoms with Gasteiger partial charge in [-0.2, -0.15) is 0 Å². The minimum atomic E-state index is -0.553. The van der Waals surface area contributed by atoms with E-state index in [1.54, 1.807) is 0 Å². The minimum absolute atomic E-state index is 0.0463. The first kappa shape index (κ1) is 23.6. The van der Waals surface area contributed by atoms with Crippen LogP contribution >= 0.6 is 0 Å². The average Bonchev–Trinajstić information content (AvgIpc) is 3.41. The van der Waals surface area contributed by atoms with E-state index in [-0.39, 0.29) is 35.7 Å². The summed E-state index contributed by atoms with van der Waals surface area (Å²) in [5.74, 6) is -0.114. The minimum Gasteiger partial charge on any atom is -0.489 e. The number of ether oxygens (including phenoxy) is 1. The molecule has 3 aromatic rings. The number of fused-ring (bicyclic) bond motifs is 3. The summed E-state index contributed by atoms with van der Waals surface area (Å²) in [6.45, 7) is 4.02. The summed E-state index contributed by atoms with van der Waals surface area (Å²) in [4.78, 5) is 8.13. The molecule has 7 heteroatoms. The lowest BCUT2D eigenvalue weighted by atomic mass is 9.48. The van der Waals surface area contributed by atoms with Crippen molar-refractivity contribution in [2.24, 2.45) is 5.92 Å². The van der Waals surface area contributed by atoms with Crippen LogP contribution in [0, 0.1) is 17.6 Å². The van der Waals surface area contributed by atoms with Crippen molar-refractivity contribution in [3.05, 3.63) is 64.9 Å². The lowest BCUT2D eigenvalue weighted by Crippen LogP contribution is -2.71. The number of aromatic nitrogens is 1. The SMILES string of the molecule is C[C@@H]1Cc2c([nH]c3ccccc23)[C@@H](c2c(F)cc(O[C@@H]3CCN(CCCF)C3)cc2F)N1C12CC(C1)C2. The zero-order valence-electron chi connectivity index (χ0n) is 21.3. The largest absolute Gasteiger partial charge is 0.489 e. The summed E-state index contributed by atoms with van der Waals surface area (Å²) in [6.07, 6.45) is 5.35. The molecule has 4 nitrogen and oxygen atoms in total. The molecule has 8 rings (SSSR count). The molecule has 0 unspecified atom stereocenters. The van der Waals surface area contributed by atoms with E-state index in [4.69, 9.17) is 4.74 Å². The van der Waals surface area contributed by atoms with Crippen LogP contribution < -0.4 is 4.74 Å². The smallest absolute Gasteiger partial charge is 0.135 e. The second-order valence-electron chi connectivity index (χ2n) is 11.8. The molecule has 37 heavy (non-hydrogen) atoms. The Morgan fingerprint density at radius 2 is 1.86 bits per heavy atom. The Morgan fingerprint density at radius 3 is 2.57 bits per heavy atom. The first-order valence-electron chi connectivity index (χ1n) is 13.8. The summed E-state index contributed by atoms with van der Waals surface area (Å²) in [5, 5.41) is 1.14. The third kappa shape index (κ3) is 3.72. The number of halogens is 3. The Kier molecular flexibility index (Phi) is 5.59. The highest BCUT2D eigenvalue weighted by Gasteiger charge is 2.63. The van der Waals surface area contributed by atoms with Crippen LogP contribution in [0.5, 0.6) is 5.75 Å². The molecule has 3 atom stereocenters. The summed E-state index contributed by atoms with van der Waals surface area (Å²) in [5.41, 5.74) is 3.28. The molecule has 3 heterocycles. The van der Waals surface area contributed by atoms with Gasteiger partial charge in [0.05, 0.1) is 12.7 Å². The van der Waals surface area contributed by atoms with Crippen LogP contribution in [0.25, 0.3) is 10.9 Å². The lowest BCUT2D eigenvalue weighted by Gasteiger charge is -2.70. The molecule has 1 N–H and O–H groups in total. The fourth-order valence-corrected chi connectivity index (χ4v) is 7.70. The zero-order chi connectivity index (χ0) is 25.3. The van der Waals surface area contributed by atoms with Crippen LogP contribution in [0.15, 0.2) is 36.4 Å². The standard InChI is InChI=1S/C30H34F3N3O/c1-18-11-23-22-5-2-3-6-26(22)34-28(23)29(36(18)30-14-19(15-30)16-30)27-24(32)12-21(13-25(27)33)37-20-7-10-35(17-20)9-4-8-31/h2-3,5-6,12-13,18-20,29,34H,4,7-11,14-17H2,1H3/t18-,19?,20-,29-,30?/m1/s1. The fraction of sp³-hybridized carbons (Fsp3) is 0.533. The number of H-pyrrole nitrogens is 1. The summed E-state index contributed by atoms with van der Waals surface area (Å²) in [6, 6.07) is 10.6. The molecule has 2 aliphatic heterocycles. The van der Waals surface area contributed by atoms with E-state index in [9.17, 15) is 4.39 Å². The molecule has 4 fully saturated rings. The predicted molar refractivity (Wildman–Crippen MR) is 138 cm³/mol. The van der Waals surface area contributed by atoms with Crippen molar-refractivity contribution in [1.82, 2.24) is 14.8 Å². The van der Waals surface area contributed by atoms with Gasteiger partial charge >= 0.3 is 0 Å². The molecule has 0 amide bonds. The van der Waals surface area contributed by atoms with Crippen molar-refractivity contribution in [3.63, 3.8) is 0 Å². The molecule has 0 spiro atoms. The van der Waals surface area contributed by atoms with Crippen LogP contribution in [0.4, 0.5) is 13.2 Å². The van der Waals surface area contributed by atoms with Crippen LogP contribution in [-0.2, 0) is 6.42 Å². The first-order chi connectivity index (χ1) is 18.0. The van der Waals surface area contributed by atoms with Gasteiger partial charge in [0, 0.05) is 65.5 Å². The maximum absolute atomic E-state index is 16.0. The number of nitrogens with zero attached hydrogens (tertiary/aromatic N) is 2. The Hall–Kier alpha value is -2.51. The van der Waals surface area contributed by atoms with Gasteiger partial charge in [-0.15, -0.1) is 0 Å². The third-order valence-electron chi connectivity index (χ3n) is 9.39. The highest BCUT2D eigenvalue weighted by Crippen LogP contribution is 2.64. The van der Waals surface area contributed by atoms with Gasteiger partial charge in [-0.05, 0) is 63.0 Å². The van der Waals surface area contributed by atoms with Crippen molar-refractivity contribution in [1.29, 1.82) is 0 Å². The summed E-state index contributed by atoms with van der Waals surface area (Å²) < 4.78 is 50.5. The van der Waals surface area contributed by atoms with Gasteiger partial charge in [-0.1, -0.05) is 18.2 Å². The van der Waals surface area contributed by atoms with Gasteiger partial charge in [0.25, 0.3) is 0 Å². The fourth-order valence-electron chi connectivity index (χ4n) is 7.70. The van der Waals surface area contributed by atoms with E-state index >= 15 is 8.78 Å². The average molecular weight is 510 g/mol. The maximum Gasteiger partial charge on any atom is 0.135 e. The Balaban J connectivity index is 1.25. The number of rotatable bonds is 7.